The molecule has 0 aliphatic carbocycles. The second-order valence-corrected chi connectivity index (χ2v) is 19.5. The van der Waals surface area contributed by atoms with E-state index in [1.807, 2.05) is 99.6 Å². The minimum absolute atomic E-state index is 0. The first-order valence-electron chi connectivity index (χ1n) is 22.6. The van der Waals surface area contributed by atoms with Crippen LogP contribution in [-0.2, 0) is 28.8 Å². The van der Waals surface area contributed by atoms with Gasteiger partial charge in [0, 0.05) is 63.1 Å². The molecule has 1 aromatic carbocycles. The third kappa shape index (κ3) is 45.4. The number of nitrogens with one attached hydrogen (secondary N) is 6. The van der Waals surface area contributed by atoms with Crippen molar-refractivity contribution >= 4 is 35.4 Å². The van der Waals surface area contributed by atoms with Crippen molar-refractivity contribution in [2.45, 2.75) is 195 Å². The highest BCUT2D eigenvalue weighted by atomic mass is 16.2. The van der Waals surface area contributed by atoms with Gasteiger partial charge in [-0.2, -0.15) is 0 Å². The van der Waals surface area contributed by atoms with Gasteiger partial charge in [0.1, 0.15) is 0 Å². The van der Waals surface area contributed by atoms with Crippen LogP contribution in [0.4, 0.5) is 0 Å². The summed E-state index contributed by atoms with van der Waals surface area (Å²) in [5.41, 5.74) is 4.39. The Labute approximate surface area is 409 Å². The van der Waals surface area contributed by atoms with Gasteiger partial charge in [0.15, 0.2) is 0 Å². The molecule has 4 unspecified atom stereocenters. The van der Waals surface area contributed by atoms with Crippen molar-refractivity contribution in [3.8, 4) is 0 Å². The quantitative estimate of drug-likeness (QED) is 0.101. The zero-order valence-electron chi connectivity index (χ0n) is 45.3. The summed E-state index contributed by atoms with van der Waals surface area (Å²) < 4.78 is 0. The number of carbonyl (C=O) groups excluding carboxylic acids is 6. The largest absolute Gasteiger partial charge is 0.350 e. The van der Waals surface area contributed by atoms with Gasteiger partial charge in [0.25, 0.3) is 0 Å². The van der Waals surface area contributed by atoms with Gasteiger partial charge in [-0.15, -0.1) is 0 Å². The topological polar surface area (TPSA) is 175 Å². The Hall–Kier alpha value is -5.52. The predicted octanol–water partition coefficient (Wildman–Crippen LogP) is 11.0. The van der Waals surface area contributed by atoms with E-state index in [1.165, 1.54) is 0 Å². The molecule has 1 rings (SSSR count). The SMILES string of the molecule is C.C=C(C)C(=O)NC(C)(C)C.C=C(C)C(=O)NC(C)C.C=C(C)C(=O)NC(C)C(C)(C)C.C=C(C)C(=O)NC(C)C(C)C.C=C(C)C(=O)NC(C)CC.C=C(C)C(=O)NC(C)c1ccccc1. The highest BCUT2D eigenvalue weighted by Gasteiger charge is 2.21. The molecule has 0 fully saturated rings. The van der Waals surface area contributed by atoms with E-state index in [4.69, 9.17) is 0 Å². The summed E-state index contributed by atoms with van der Waals surface area (Å²) in [5, 5.41) is 16.9. The van der Waals surface area contributed by atoms with Gasteiger partial charge in [-0.05, 0) is 127 Å². The number of amides is 6. The molecular formula is C55H98N6O6. The Morgan fingerprint density at radius 3 is 1.09 bits per heavy atom. The van der Waals surface area contributed by atoms with E-state index < -0.39 is 0 Å². The molecule has 0 aliphatic rings. The van der Waals surface area contributed by atoms with Gasteiger partial charge in [-0.3, -0.25) is 28.8 Å². The van der Waals surface area contributed by atoms with Crippen molar-refractivity contribution in [1.82, 2.24) is 31.9 Å². The van der Waals surface area contributed by atoms with Gasteiger partial charge in [0.2, 0.25) is 35.4 Å². The van der Waals surface area contributed by atoms with E-state index in [1.54, 1.807) is 41.5 Å². The fourth-order valence-electron chi connectivity index (χ4n) is 3.46. The first-order valence-corrected chi connectivity index (χ1v) is 22.6. The zero-order valence-corrected chi connectivity index (χ0v) is 45.3. The second kappa shape index (κ2) is 37.6. The van der Waals surface area contributed by atoms with Gasteiger partial charge in [0.05, 0.1) is 6.04 Å². The van der Waals surface area contributed by atoms with Crippen molar-refractivity contribution in [3.05, 3.63) is 109 Å². The lowest BCUT2D eigenvalue weighted by Gasteiger charge is -2.28. The Kier molecular flexibility index (Phi) is 41.0. The minimum Gasteiger partial charge on any atom is -0.350 e. The van der Waals surface area contributed by atoms with Crippen molar-refractivity contribution in [3.63, 3.8) is 0 Å². The molecule has 0 heterocycles. The first kappa shape index (κ1) is 73.1. The second-order valence-electron chi connectivity index (χ2n) is 19.5. The van der Waals surface area contributed by atoms with E-state index >= 15 is 0 Å². The van der Waals surface area contributed by atoms with Crippen LogP contribution >= 0.6 is 0 Å². The monoisotopic (exact) mass is 939 g/mol. The lowest BCUT2D eigenvalue weighted by molar-refractivity contribution is -0.119. The maximum atomic E-state index is 11.3. The molecular weight excluding hydrogens is 841 g/mol. The van der Waals surface area contributed by atoms with E-state index in [9.17, 15) is 28.8 Å². The molecule has 6 N–H and O–H groups in total. The lowest BCUT2D eigenvalue weighted by Crippen LogP contribution is -2.41. The number of rotatable bonds is 14. The number of carbonyl (C=O) groups is 6. The first-order chi connectivity index (χ1) is 29.7. The third-order valence-corrected chi connectivity index (χ3v) is 8.88. The Balaban J connectivity index is -0.000000167. The van der Waals surface area contributed by atoms with Gasteiger partial charge >= 0.3 is 0 Å². The molecule has 1 aromatic rings. The Morgan fingerprint density at radius 2 is 0.821 bits per heavy atom. The van der Waals surface area contributed by atoms with E-state index in [-0.39, 0.29) is 84.0 Å². The molecule has 0 spiro atoms. The van der Waals surface area contributed by atoms with Crippen LogP contribution in [0, 0.1) is 11.3 Å². The standard InChI is InChI=1S/C12H15NO.C10H19NO.C9H17NO.2C8H15NO.C7H13NO.CH4/c1-9(2)12(14)13-10(3)11-7-5-4-6-8-11;1-7(2)9(12)11-8(3)10(4,5)6;1-6(2)8(5)10-9(11)7(3)4;1-6(2)7(10)9-8(3,4)5;1-5-7(4)9-8(10)6(2)3;1-5(2)7(9)8-6(3)4;/h4-8,10H,1H2,2-3H3,(H,13,14);8H,1H2,2-6H3,(H,11,12);6,8H,3H2,1-2,4-5H3,(H,10,11);1H2,2-5H3,(H,9,10);7H,2,5H2,1,3-4H3,(H,9,10);6H,1H2,2-4H3,(H,8,9);1H4. The zero-order chi connectivity index (χ0) is 53.5. The lowest BCUT2D eigenvalue weighted by atomic mass is 9.88. The molecule has 0 aliphatic heterocycles. The van der Waals surface area contributed by atoms with Crippen molar-refractivity contribution in [2.75, 3.05) is 0 Å². The molecule has 6 amide bonds. The van der Waals surface area contributed by atoms with Crippen molar-refractivity contribution < 1.29 is 28.8 Å². The Morgan fingerprint density at radius 1 is 0.493 bits per heavy atom. The number of hydrogen-bond acceptors (Lipinski definition) is 6. The van der Waals surface area contributed by atoms with Crippen LogP contribution in [0.2, 0.25) is 0 Å². The van der Waals surface area contributed by atoms with Gasteiger partial charge < -0.3 is 31.9 Å². The minimum atomic E-state index is -0.157. The maximum Gasteiger partial charge on any atom is 0.246 e. The summed E-state index contributed by atoms with van der Waals surface area (Å²) in [4.78, 5) is 66.1. The van der Waals surface area contributed by atoms with Crippen LogP contribution in [0.5, 0.6) is 0 Å². The van der Waals surface area contributed by atoms with Crippen LogP contribution < -0.4 is 31.9 Å². The molecule has 4 atom stereocenters. The summed E-state index contributed by atoms with van der Waals surface area (Å²) in [6, 6.07) is 10.7. The fourth-order valence-corrected chi connectivity index (χ4v) is 3.46. The summed E-state index contributed by atoms with van der Waals surface area (Å²) in [7, 11) is 0. The fraction of sp³-hybridized carbons (Fsp3) is 0.564. The highest BCUT2D eigenvalue weighted by molar-refractivity contribution is 5.94. The molecule has 384 valence electrons. The smallest absolute Gasteiger partial charge is 0.246 e. The van der Waals surface area contributed by atoms with E-state index in [0.717, 1.165) is 12.0 Å². The molecule has 12 nitrogen and oxygen atoms in total. The molecule has 0 saturated carbocycles. The molecule has 0 bridgehead atoms. The third-order valence-electron chi connectivity index (χ3n) is 8.88. The normalized spacial score (nSPS) is 11.7. The van der Waals surface area contributed by atoms with E-state index in [0.29, 0.717) is 39.4 Å². The van der Waals surface area contributed by atoms with Crippen LogP contribution in [0.15, 0.2) is 103 Å². The molecule has 67 heavy (non-hydrogen) atoms. The molecule has 0 radical (unpaired) electrons. The van der Waals surface area contributed by atoms with Gasteiger partial charge in [-0.25, -0.2) is 0 Å². The number of benzene rings is 1. The Bertz CT molecular complexity index is 1750. The maximum absolute atomic E-state index is 11.3. The van der Waals surface area contributed by atoms with Crippen LogP contribution in [0.3, 0.4) is 0 Å². The van der Waals surface area contributed by atoms with Crippen molar-refractivity contribution in [2.24, 2.45) is 11.3 Å². The van der Waals surface area contributed by atoms with Crippen LogP contribution in [0.25, 0.3) is 0 Å². The molecule has 0 aromatic heterocycles. The highest BCUT2D eigenvalue weighted by Crippen LogP contribution is 2.18. The summed E-state index contributed by atoms with van der Waals surface area (Å²) in [6.07, 6.45) is 0.957. The van der Waals surface area contributed by atoms with Crippen molar-refractivity contribution in [1.29, 1.82) is 0 Å². The average molecular weight is 939 g/mol. The predicted molar refractivity (Wildman–Crippen MR) is 287 cm³/mol. The number of hydrogen-bond donors (Lipinski definition) is 6. The molecule has 12 heteroatoms. The summed E-state index contributed by atoms with van der Waals surface area (Å²) in [6.45, 7) is 61.5. The van der Waals surface area contributed by atoms with Gasteiger partial charge in [-0.1, -0.05) is 119 Å². The average Bonchev–Trinajstić information content (AvgIpc) is 3.17. The summed E-state index contributed by atoms with van der Waals surface area (Å²) in [5.74, 6) is 0.0788. The van der Waals surface area contributed by atoms with E-state index in [2.05, 4.69) is 106 Å². The van der Waals surface area contributed by atoms with Crippen LogP contribution in [-0.4, -0.2) is 65.1 Å². The summed E-state index contributed by atoms with van der Waals surface area (Å²) >= 11 is 0. The van der Waals surface area contributed by atoms with Crippen LogP contribution in [0.1, 0.15) is 171 Å². The molecule has 0 saturated heterocycles.